The average molecular weight is 364 g/mol. The van der Waals surface area contributed by atoms with Crippen molar-refractivity contribution in [2.75, 3.05) is 23.3 Å². The summed E-state index contributed by atoms with van der Waals surface area (Å²) in [6.45, 7) is 5.42. The van der Waals surface area contributed by atoms with E-state index in [9.17, 15) is 18.0 Å². The highest BCUT2D eigenvalue weighted by atomic mass is 19.4. The number of carbonyl (C=O) groups is 1. The Labute approximate surface area is 151 Å². The van der Waals surface area contributed by atoms with Gasteiger partial charge in [0.25, 0.3) is 5.91 Å². The van der Waals surface area contributed by atoms with Crippen molar-refractivity contribution in [3.05, 3.63) is 59.7 Å². The number of rotatable bonds is 7. The monoisotopic (exact) mass is 364 g/mol. The Balaban J connectivity index is 2.42. The van der Waals surface area contributed by atoms with Crippen LogP contribution in [-0.2, 0) is 6.18 Å². The van der Waals surface area contributed by atoms with Gasteiger partial charge in [-0.1, -0.05) is 32.0 Å². The van der Waals surface area contributed by atoms with Gasteiger partial charge in [0, 0.05) is 18.7 Å². The van der Waals surface area contributed by atoms with E-state index in [1.807, 2.05) is 18.7 Å². The molecule has 0 unspecified atom stereocenters. The highest BCUT2D eigenvalue weighted by Gasteiger charge is 2.31. The zero-order valence-corrected chi connectivity index (χ0v) is 14.9. The van der Waals surface area contributed by atoms with Gasteiger partial charge in [-0.15, -0.1) is 0 Å². The van der Waals surface area contributed by atoms with Crippen molar-refractivity contribution in [3.8, 4) is 0 Å². The fourth-order valence-corrected chi connectivity index (χ4v) is 2.76. The zero-order valence-electron chi connectivity index (χ0n) is 14.9. The molecule has 0 saturated carbocycles. The van der Waals surface area contributed by atoms with Crippen LogP contribution in [0.2, 0.25) is 0 Å². The van der Waals surface area contributed by atoms with Gasteiger partial charge >= 0.3 is 6.18 Å². The van der Waals surface area contributed by atoms with Gasteiger partial charge in [0.1, 0.15) is 0 Å². The molecule has 2 aromatic rings. The third kappa shape index (κ3) is 5.00. The normalized spacial score (nSPS) is 11.3. The van der Waals surface area contributed by atoms with Gasteiger partial charge in [-0.25, -0.2) is 0 Å². The molecule has 0 saturated heterocycles. The first-order valence-electron chi connectivity index (χ1n) is 8.69. The van der Waals surface area contributed by atoms with E-state index >= 15 is 0 Å². The van der Waals surface area contributed by atoms with Crippen LogP contribution in [-0.4, -0.2) is 19.0 Å². The van der Waals surface area contributed by atoms with E-state index < -0.39 is 17.6 Å². The number of alkyl halides is 3. The van der Waals surface area contributed by atoms with Crippen LogP contribution in [0.1, 0.15) is 42.6 Å². The van der Waals surface area contributed by atoms with Gasteiger partial charge in [-0.2, -0.15) is 13.2 Å². The molecule has 0 heterocycles. The summed E-state index contributed by atoms with van der Waals surface area (Å²) in [6, 6.07) is 12.0. The number of nitrogens with zero attached hydrogens (tertiary/aromatic N) is 1. The molecule has 2 aromatic carbocycles. The standard InChI is InChI=1S/C20H23F3N2O/c1-3-12-25(13-4-2)18-11-10-16(20(21,22)23)14-17(18)24-19(26)15-8-6-5-7-9-15/h5-11,14H,3-4,12-13H2,1-2H3,(H,24,26). The first-order valence-corrected chi connectivity index (χ1v) is 8.69. The van der Waals surface area contributed by atoms with Crippen molar-refractivity contribution in [2.24, 2.45) is 0 Å². The Morgan fingerprint density at radius 2 is 1.62 bits per heavy atom. The van der Waals surface area contributed by atoms with E-state index in [0.29, 0.717) is 24.3 Å². The lowest BCUT2D eigenvalue weighted by atomic mass is 10.1. The van der Waals surface area contributed by atoms with Gasteiger partial charge in [-0.3, -0.25) is 4.79 Å². The maximum atomic E-state index is 13.1. The molecule has 6 heteroatoms. The summed E-state index contributed by atoms with van der Waals surface area (Å²) in [5.74, 6) is -0.431. The maximum Gasteiger partial charge on any atom is 0.416 e. The number of hydrogen-bond acceptors (Lipinski definition) is 2. The lowest BCUT2D eigenvalue weighted by Gasteiger charge is -2.27. The van der Waals surface area contributed by atoms with E-state index in [4.69, 9.17) is 0 Å². The summed E-state index contributed by atoms with van der Waals surface area (Å²) >= 11 is 0. The Hall–Kier alpha value is -2.50. The summed E-state index contributed by atoms with van der Waals surface area (Å²) in [4.78, 5) is 14.5. The van der Waals surface area contributed by atoms with Gasteiger partial charge < -0.3 is 10.2 Å². The molecule has 0 radical (unpaired) electrons. The van der Waals surface area contributed by atoms with Crippen molar-refractivity contribution in [3.63, 3.8) is 0 Å². The Kier molecular flexibility index (Phi) is 6.66. The topological polar surface area (TPSA) is 32.3 Å². The second-order valence-electron chi connectivity index (χ2n) is 6.04. The minimum atomic E-state index is -4.47. The lowest BCUT2D eigenvalue weighted by Crippen LogP contribution is -2.27. The van der Waals surface area contributed by atoms with Crippen molar-refractivity contribution in [1.82, 2.24) is 0 Å². The molecule has 0 aliphatic carbocycles. The number of halogens is 3. The molecule has 0 atom stereocenters. The molecule has 0 fully saturated rings. The second-order valence-corrected chi connectivity index (χ2v) is 6.04. The number of nitrogens with one attached hydrogen (secondary N) is 1. The third-order valence-electron chi connectivity index (χ3n) is 3.94. The van der Waals surface area contributed by atoms with Crippen molar-refractivity contribution in [2.45, 2.75) is 32.9 Å². The molecule has 3 nitrogen and oxygen atoms in total. The fraction of sp³-hybridized carbons (Fsp3) is 0.350. The van der Waals surface area contributed by atoms with E-state index in [1.165, 1.54) is 6.07 Å². The fourth-order valence-electron chi connectivity index (χ4n) is 2.76. The Bertz CT molecular complexity index is 724. The predicted octanol–water partition coefficient (Wildman–Crippen LogP) is 5.58. The summed E-state index contributed by atoms with van der Waals surface area (Å²) < 4.78 is 39.4. The minimum absolute atomic E-state index is 0.176. The molecule has 0 aliphatic heterocycles. The van der Waals surface area contributed by atoms with Gasteiger partial charge in [0.15, 0.2) is 0 Å². The number of anilines is 2. The number of amides is 1. The zero-order chi connectivity index (χ0) is 19.2. The summed E-state index contributed by atoms with van der Waals surface area (Å²) in [7, 11) is 0. The SMILES string of the molecule is CCCN(CCC)c1ccc(C(F)(F)F)cc1NC(=O)c1ccccc1. The third-order valence-corrected chi connectivity index (χ3v) is 3.94. The first kappa shape index (κ1) is 19.8. The van der Waals surface area contributed by atoms with E-state index in [-0.39, 0.29) is 5.69 Å². The molecule has 140 valence electrons. The molecular weight excluding hydrogens is 341 g/mol. The Morgan fingerprint density at radius 1 is 1.00 bits per heavy atom. The van der Waals surface area contributed by atoms with Crippen LogP contribution >= 0.6 is 0 Å². The van der Waals surface area contributed by atoms with Crippen LogP contribution in [0.25, 0.3) is 0 Å². The van der Waals surface area contributed by atoms with Crippen LogP contribution in [0.5, 0.6) is 0 Å². The van der Waals surface area contributed by atoms with Gasteiger partial charge in [0.2, 0.25) is 0 Å². The number of hydrogen-bond donors (Lipinski definition) is 1. The predicted molar refractivity (Wildman–Crippen MR) is 98.6 cm³/mol. The molecule has 0 aromatic heterocycles. The second kappa shape index (κ2) is 8.74. The van der Waals surface area contributed by atoms with Gasteiger partial charge in [0.05, 0.1) is 16.9 Å². The molecule has 2 rings (SSSR count). The maximum absolute atomic E-state index is 13.1. The number of benzene rings is 2. The van der Waals surface area contributed by atoms with Gasteiger partial charge in [-0.05, 0) is 43.2 Å². The van der Waals surface area contributed by atoms with E-state index in [2.05, 4.69) is 5.32 Å². The molecule has 1 N–H and O–H groups in total. The first-order chi connectivity index (χ1) is 12.4. The molecule has 0 aliphatic rings. The largest absolute Gasteiger partial charge is 0.416 e. The number of carbonyl (C=O) groups excluding carboxylic acids is 1. The van der Waals surface area contributed by atoms with Crippen LogP contribution in [0.3, 0.4) is 0 Å². The Morgan fingerprint density at radius 3 is 2.15 bits per heavy atom. The van der Waals surface area contributed by atoms with E-state index in [0.717, 1.165) is 25.0 Å². The molecule has 1 amide bonds. The highest BCUT2D eigenvalue weighted by molar-refractivity contribution is 6.06. The van der Waals surface area contributed by atoms with Crippen LogP contribution < -0.4 is 10.2 Å². The van der Waals surface area contributed by atoms with E-state index in [1.54, 1.807) is 30.3 Å². The molecule has 26 heavy (non-hydrogen) atoms. The highest BCUT2D eigenvalue weighted by Crippen LogP contribution is 2.36. The molecular formula is C20H23F3N2O. The summed E-state index contributed by atoms with van der Waals surface area (Å²) in [5.41, 5.74) is 0.396. The molecule has 0 spiro atoms. The van der Waals surface area contributed by atoms with Crippen LogP contribution in [0.4, 0.5) is 24.5 Å². The lowest BCUT2D eigenvalue weighted by molar-refractivity contribution is -0.137. The minimum Gasteiger partial charge on any atom is -0.370 e. The van der Waals surface area contributed by atoms with Crippen LogP contribution in [0, 0.1) is 0 Å². The quantitative estimate of drug-likeness (QED) is 0.695. The van der Waals surface area contributed by atoms with Crippen LogP contribution in [0.15, 0.2) is 48.5 Å². The average Bonchev–Trinajstić information content (AvgIpc) is 2.61. The van der Waals surface area contributed by atoms with Crippen molar-refractivity contribution < 1.29 is 18.0 Å². The smallest absolute Gasteiger partial charge is 0.370 e. The summed E-state index contributed by atoms with van der Waals surface area (Å²) in [5, 5.41) is 2.66. The van der Waals surface area contributed by atoms with Crippen molar-refractivity contribution in [1.29, 1.82) is 0 Å². The van der Waals surface area contributed by atoms with Crippen molar-refractivity contribution >= 4 is 17.3 Å². The summed E-state index contributed by atoms with van der Waals surface area (Å²) in [6.07, 6.45) is -2.76. The molecule has 0 bridgehead atoms.